The molecule has 0 aliphatic carbocycles. The Labute approximate surface area is 133 Å². The van der Waals surface area contributed by atoms with Crippen LogP contribution < -0.4 is 4.74 Å². The molecule has 108 valence electrons. The van der Waals surface area contributed by atoms with Crippen molar-refractivity contribution in [3.63, 3.8) is 0 Å². The zero-order valence-corrected chi connectivity index (χ0v) is 13.5. The van der Waals surface area contributed by atoms with Gasteiger partial charge in [0.05, 0.1) is 6.61 Å². The third-order valence-electron chi connectivity index (χ3n) is 4.01. The number of hydrogen-bond donors (Lipinski definition) is 0. The third-order valence-corrected chi connectivity index (χ3v) is 5.06. The van der Waals surface area contributed by atoms with Gasteiger partial charge in [0.15, 0.2) is 5.78 Å². The molecule has 0 saturated carbocycles. The van der Waals surface area contributed by atoms with Gasteiger partial charge in [-0.15, -0.1) is 0 Å². The largest absolute Gasteiger partial charge is 0.493 e. The van der Waals surface area contributed by atoms with Crippen molar-refractivity contribution in [2.75, 3.05) is 6.61 Å². The van der Waals surface area contributed by atoms with E-state index in [1.165, 1.54) is 0 Å². The van der Waals surface area contributed by atoms with E-state index in [0.717, 1.165) is 33.3 Å². The van der Waals surface area contributed by atoms with Crippen molar-refractivity contribution in [3.05, 3.63) is 63.6 Å². The van der Waals surface area contributed by atoms with Crippen molar-refractivity contribution in [2.45, 2.75) is 25.7 Å². The van der Waals surface area contributed by atoms with E-state index in [1.54, 1.807) is 0 Å². The second-order valence-corrected chi connectivity index (χ2v) is 6.23. The normalized spacial score (nSPS) is 17.0. The van der Waals surface area contributed by atoms with Crippen LogP contribution in [-0.4, -0.2) is 12.4 Å². The van der Waals surface area contributed by atoms with Gasteiger partial charge in [0.25, 0.3) is 0 Å². The van der Waals surface area contributed by atoms with Crippen molar-refractivity contribution >= 4 is 21.7 Å². The molecule has 1 aliphatic rings. The lowest BCUT2D eigenvalue weighted by atomic mass is 9.87. The minimum atomic E-state index is 0.187. The number of halogens is 1. The van der Waals surface area contributed by atoms with Gasteiger partial charge in [-0.25, -0.2) is 0 Å². The molecule has 1 heterocycles. The van der Waals surface area contributed by atoms with Crippen LogP contribution in [0.15, 0.2) is 46.9 Å². The molecule has 0 spiro atoms. The summed E-state index contributed by atoms with van der Waals surface area (Å²) in [6, 6.07) is 13.9. The number of carbonyl (C=O) groups is 1. The summed E-state index contributed by atoms with van der Waals surface area (Å²) in [5.74, 6) is 1.35. The Morgan fingerprint density at radius 2 is 2.05 bits per heavy atom. The second kappa shape index (κ2) is 6.02. The van der Waals surface area contributed by atoms with Crippen LogP contribution in [-0.2, 0) is 0 Å². The molecular formula is C18H17BrO2. The number of para-hydroxylation sites is 1. The molecule has 0 aromatic heterocycles. The van der Waals surface area contributed by atoms with Crippen molar-refractivity contribution < 1.29 is 9.53 Å². The quantitative estimate of drug-likeness (QED) is 0.740. The minimum absolute atomic E-state index is 0.187. The lowest BCUT2D eigenvalue weighted by molar-refractivity contribution is 0.0965. The van der Waals surface area contributed by atoms with E-state index in [-0.39, 0.29) is 11.7 Å². The van der Waals surface area contributed by atoms with Gasteiger partial charge in [-0.2, -0.15) is 0 Å². The van der Waals surface area contributed by atoms with Gasteiger partial charge >= 0.3 is 0 Å². The highest BCUT2D eigenvalue weighted by Crippen LogP contribution is 2.36. The maximum absolute atomic E-state index is 12.6. The highest BCUT2D eigenvalue weighted by Gasteiger charge is 2.24. The summed E-state index contributed by atoms with van der Waals surface area (Å²) >= 11 is 3.53. The molecule has 1 atom stereocenters. The molecule has 2 aromatic rings. The first-order chi connectivity index (χ1) is 10.2. The zero-order chi connectivity index (χ0) is 14.8. The van der Waals surface area contributed by atoms with E-state index in [9.17, 15) is 4.79 Å². The van der Waals surface area contributed by atoms with Gasteiger partial charge in [-0.05, 0) is 52.4 Å². The predicted molar refractivity (Wildman–Crippen MR) is 87.1 cm³/mol. The molecule has 2 nitrogen and oxygen atoms in total. The molecule has 0 amide bonds. The Bertz CT molecular complexity index is 679. The second-order valence-electron chi connectivity index (χ2n) is 5.44. The summed E-state index contributed by atoms with van der Waals surface area (Å²) in [5.41, 5.74) is 3.02. The van der Waals surface area contributed by atoms with Gasteiger partial charge in [-0.1, -0.05) is 36.4 Å². The summed E-state index contributed by atoms with van der Waals surface area (Å²) in [4.78, 5) is 12.6. The minimum Gasteiger partial charge on any atom is -0.493 e. The van der Waals surface area contributed by atoms with Crippen LogP contribution >= 0.6 is 15.9 Å². The molecule has 1 aliphatic heterocycles. The average molecular weight is 345 g/mol. The SMILES string of the molecule is Cc1cccc(C(=O)CC2CCOc3ccccc32)c1Br. The monoisotopic (exact) mass is 344 g/mol. The van der Waals surface area contributed by atoms with E-state index in [0.29, 0.717) is 13.0 Å². The van der Waals surface area contributed by atoms with Crippen molar-refractivity contribution in [2.24, 2.45) is 0 Å². The van der Waals surface area contributed by atoms with Gasteiger partial charge in [0.1, 0.15) is 5.75 Å². The zero-order valence-electron chi connectivity index (χ0n) is 11.9. The van der Waals surface area contributed by atoms with Crippen LogP contribution in [0, 0.1) is 6.92 Å². The van der Waals surface area contributed by atoms with E-state index in [2.05, 4.69) is 22.0 Å². The highest BCUT2D eigenvalue weighted by atomic mass is 79.9. The fourth-order valence-electron chi connectivity index (χ4n) is 2.82. The third kappa shape index (κ3) is 2.88. The lowest BCUT2D eigenvalue weighted by Gasteiger charge is -2.25. The van der Waals surface area contributed by atoms with E-state index < -0.39 is 0 Å². The summed E-state index contributed by atoms with van der Waals surface area (Å²) in [5, 5.41) is 0. The molecule has 3 rings (SSSR count). The Kier molecular flexibility index (Phi) is 4.11. The maximum atomic E-state index is 12.6. The van der Waals surface area contributed by atoms with Crippen LogP contribution in [0.5, 0.6) is 5.75 Å². The van der Waals surface area contributed by atoms with Crippen LogP contribution in [0.1, 0.15) is 40.2 Å². The standard InChI is InChI=1S/C18H17BrO2/c1-12-5-4-7-15(18(12)19)16(20)11-13-9-10-21-17-8-3-2-6-14(13)17/h2-8,13H,9-11H2,1H3. The summed E-state index contributed by atoms with van der Waals surface area (Å²) in [6.45, 7) is 2.69. The van der Waals surface area contributed by atoms with Crippen LogP contribution in [0.3, 0.4) is 0 Å². The number of hydrogen-bond acceptors (Lipinski definition) is 2. The summed E-state index contributed by atoms with van der Waals surface area (Å²) < 4.78 is 6.58. The summed E-state index contributed by atoms with van der Waals surface area (Å²) in [7, 11) is 0. The topological polar surface area (TPSA) is 26.3 Å². The predicted octanol–water partition coefficient (Wildman–Crippen LogP) is 4.90. The highest BCUT2D eigenvalue weighted by molar-refractivity contribution is 9.10. The number of rotatable bonds is 3. The van der Waals surface area contributed by atoms with Crippen molar-refractivity contribution in [1.29, 1.82) is 0 Å². The lowest BCUT2D eigenvalue weighted by Crippen LogP contribution is -2.17. The average Bonchev–Trinajstić information content (AvgIpc) is 2.50. The number of carbonyl (C=O) groups excluding carboxylic acids is 1. The van der Waals surface area contributed by atoms with Gasteiger partial charge < -0.3 is 4.74 Å². The molecule has 3 heteroatoms. The number of ketones is 1. The Balaban J connectivity index is 1.85. The summed E-state index contributed by atoms with van der Waals surface area (Å²) in [6.07, 6.45) is 1.43. The molecule has 2 aromatic carbocycles. The van der Waals surface area contributed by atoms with Crippen molar-refractivity contribution in [1.82, 2.24) is 0 Å². The van der Waals surface area contributed by atoms with Gasteiger partial charge in [-0.3, -0.25) is 4.79 Å². The number of ether oxygens (including phenoxy) is 1. The van der Waals surface area contributed by atoms with E-state index in [1.807, 2.05) is 43.3 Å². The molecule has 1 unspecified atom stereocenters. The maximum Gasteiger partial charge on any atom is 0.164 e. The Morgan fingerprint density at radius 1 is 1.24 bits per heavy atom. The molecule has 0 N–H and O–H groups in total. The van der Waals surface area contributed by atoms with Gasteiger partial charge in [0, 0.05) is 16.5 Å². The van der Waals surface area contributed by atoms with Crippen molar-refractivity contribution in [3.8, 4) is 5.75 Å². The molecule has 0 saturated heterocycles. The number of fused-ring (bicyclic) bond motifs is 1. The Morgan fingerprint density at radius 3 is 2.90 bits per heavy atom. The molecule has 0 bridgehead atoms. The first-order valence-electron chi connectivity index (χ1n) is 7.17. The van der Waals surface area contributed by atoms with E-state index >= 15 is 0 Å². The van der Waals surface area contributed by atoms with Crippen LogP contribution in [0.4, 0.5) is 0 Å². The fourth-order valence-corrected chi connectivity index (χ4v) is 3.31. The first-order valence-corrected chi connectivity index (χ1v) is 7.96. The molecule has 0 fully saturated rings. The van der Waals surface area contributed by atoms with Gasteiger partial charge in [0.2, 0.25) is 0 Å². The Hall–Kier alpha value is -1.61. The van der Waals surface area contributed by atoms with E-state index in [4.69, 9.17) is 4.74 Å². The number of benzene rings is 2. The number of Topliss-reactive ketones (excluding diaryl/α,β-unsaturated/α-hetero) is 1. The van der Waals surface area contributed by atoms with Crippen LogP contribution in [0.25, 0.3) is 0 Å². The first kappa shape index (κ1) is 14.3. The molecule has 0 radical (unpaired) electrons. The smallest absolute Gasteiger partial charge is 0.164 e. The molecular weight excluding hydrogens is 328 g/mol. The van der Waals surface area contributed by atoms with Crippen LogP contribution in [0.2, 0.25) is 0 Å². The fraction of sp³-hybridized carbons (Fsp3) is 0.278. The number of aryl methyl sites for hydroxylation is 1. The molecule has 21 heavy (non-hydrogen) atoms.